The summed E-state index contributed by atoms with van der Waals surface area (Å²) in [5.74, 6) is 0.563. The number of benzene rings is 1. The van der Waals surface area contributed by atoms with Crippen molar-refractivity contribution in [3.8, 4) is 0 Å². The van der Waals surface area contributed by atoms with Gasteiger partial charge in [0.05, 0.1) is 23.6 Å². The number of anilines is 2. The van der Waals surface area contributed by atoms with Crippen molar-refractivity contribution in [3.05, 3.63) is 50.6 Å². The predicted octanol–water partition coefficient (Wildman–Crippen LogP) is 5.00. The van der Waals surface area contributed by atoms with E-state index in [0.717, 1.165) is 17.5 Å². The van der Waals surface area contributed by atoms with Crippen LogP contribution in [0.15, 0.2) is 24.3 Å². The highest BCUT2D eigenvalue weighted by Crippen LogP contribution is 2.32. The molecule has 1 N–H and O–H groups in total. The normalized spacial score (nSPS) is 11.6. The van der Waals surface area contributed by atoms with Gasteiger partial charge in [-0.15, -0.1) is 0 Å². The molecule has 1 aromatic heterocycles. The summed E-state index contributed by atoms with van der Waals surface area (Å²) in [7, 11) is -3.46. The zero-order valence-corrected chi connectivity index (χ0v) is 16.7. The quantitative estimate of drug-likeness (QED) is 0.501. The van der Waals surface area contributed by atoms with Crippen molar-refractivity contribution in [3.63, 3.8) is 0 Å². The van der Waals surface area contributed by atoms with Crippen molar-refractivity contribution < 1.29 is 12.6 Å². The first-order valence-electron chi connectivity index (χ1n) is 7.38. The van der Waals surface area contributed by atoms with Crippen LogP contribution in [-0.4, -0.2) is 26.3 Å². The molecule has 1 aromatic carbocycles. The maximum Gasteiger partial charge on any atom is 0.264 e. The zero-order valence-electron chi connectivity index (χ0n) is 13.6. The van der Waals surface area contributed by atoms with Crippen LogP contribution in [0.3, 0.4) is 0 Å². The summed E-state index contributed by atoms with van der Waals surface area (Å²) in [4.78, 5) is 4.47. The van der Waals surface area contributed by atoms with Crippen LogP contribution in [0.5, 0.6) is 0 Å². The highest BCUT2D eigenvalue weighted by atomic mass is 35.5. The monoisotopic (exact) mass is 422 g/mol. The highest BCUT2D eigenvalue weighted by Gasteiger charge is 2.13. The molecular formula is C16H17Cl3N2O3S. The molecule has 0 radical (unpaired) electrons. The number of aromatic nitrogens is 1. The first-order chi connectivity index (χ1) is 11.7. The van der Waals surface area contributed by atoms with Crippen LogP contribution in [0.25, 0.3) is 0 Å². The molecule has 0 bridgehead atoms. The van der Waals surface area contributed by atoms with Gasteiger partial charge in [0.1, 0.15) is 5.82 Å². The fraction of sp³-hybridized carbons (Fsp3) is 0.312. The number of aryl methyl sites for hydroxylation is 1. The fourth-order valence-electron chi connectivity index (χ4n) is 2.18. The van der Waals surface area contributed by atoms with E-state index in [-0.39, 0.29) is 6.61 Å². The summed E-state index contributed by atoms with van der Waals surface area (Å²) in [5, 5.41) is 4.69. The summed E-state index contributed by atoms with van der Waals surface area (Å²) in [6.07, 6.45) is 1.98. The summed E-state index contributed by atoms with van der Waals surface area (Å²) >= 11 is 18.4. The van der Waals surface area contributed by atoms with Gasteiger partial charge >= 0.3 is 0 Å². The molecule has 0 amide bonds. The average Bonchev–Trinajstić information content (AvgIpc) is 2.47. The van der Waals surface area contributed by atoms with Crippen molar-refractivity contribution in [2.24, 2.45) is 0 Å². The maximum absolute atomic E-state index is 11.0. The van der Waals surface area contributed by atoms with Crippen molar-refractivity contribution in [2.45, 2.75) is 19.8 Å². The molecule has 0 atom stereocenters. The van der Waals surface area contributed by atoms with Crippen LogP contribution in [0.2, 0.25) is 15.1 Å². The zero-order chi connectivity index (χ0) is 18.6. The van der Waals surface area contributed by atoms with E-state index >= 15 is 0 Å². The standard InChI is InChI=1S/C16H17Cl3N2O3S/c1-10-8-13(18)12(4-3-7-24-25(2,22)23)16(20-10)21-15-6-5-11(17)9-14(15)19/h5-6,8-9H,3-4,7H2,1-2H3,(H,20,21). The number of nitrogens with one attached hydrogen (secondary N) is 1. The minimum atomic E-state index is -3.46. The lowest BCUT2D eigenvalue weighted by Crippen LogP contribution is -2.07. The third-order valence-electron chi connectivity index (χ3n) is 3.25. The molecule has 0 saturated heterocycles. The second kappa shape index (κ2) is 8.56. The van der Waals surface area contributed by atoms with Crippen LogP contribution >= 0.6 is 34.8 Å². The number of pyridine rings is 1. The van der Waals surface area contributed by atoms with Crippen molar-refractivity contribution >= 4 is 56.4 Å². The van der Waals surface area contributed by atoms with E-state index in [0.29, 0.717) is 39.4 Å². The van der Waals surface area contributed by atoms with Crippen LogP contribution < -0.4 is 5.32 Å². The molecule has 0 aliphatic carbocycles. The number of hydrogen-bond donors (Lipinski definition) is 1. The van der Waals surface area contributed by atoms with E-state index in [2.05, 4.69) is 10.3 Å². The smallest absolute Gasteiger partial charge is 0.264 e. The molecule has 1 heterocycles. The van der Waals surface area contributed by atoms with Crippen LogP contribution in [0.4, 0.5) is 11.5 Å². The molecule has 0 saturated carbocycles. The first kappa shape index (κ1) is 20.3. The summed E-state index contributed by atoms with van der Waals surface area (Å²) in [5.41, 5.74) is 2.15. The Morgan fingerprint density at radius 1 is 1.16 bits per heavy atom. The second-order valence-electron chi connectivity index (χ2n) is 5.45. The largest absolute Gasteiger partial charge is 0.339 e. The fourth-order valence-corrected chi connectivity index (χ4v) is 3.40. The Morgan fingerprint density at radius 2 is 1.88 bits per heavy atom. The third kappa shape index (κ3) is 6.31. The molecule has 25 heavy (non-hydrogen) atoms. The maximum atomic E-state index is 11.0. The van der Waals surface area contributed by atoms with Crippen molar-refractivity contribution in [1.29, 1.82) is 0 Å². The van der Waals surface area contributed by atoms with E-state index in [1.54, 1.807) is 24.3 Å². The molecular weight excluding hydrogens is 407 g/mol. The van der Waals surface area contributed by atoms with Crippen LogP contribution in [0, 0.1) is 6.92 Å². The Kier molecular flexibility index (Phi) is 6.93. The van der Waals surface area contributed by atoms with Gasteiger partial charge in [0.25, 0.3) is 10.1 Å². The molecule has 0 spiro atoms. The van der Waals surface area contributed by atoms with E-state index in [4.69, 9.17) is 39.0 Å². The van der Waals surface area contributed by atoms with Gasteiger partial charge in [-0.1, -0.05) is 34.8 Å². The number of halogens is 3. The summed E-state index contributed by atoms with van der Waals surface area (Å²) < 4.78 is 26.8. The van der Waals surface area contributed by atoms with Gasteiger partial charge in [0.2, 0.25) is 0 Å². The van der Waals surface area contributed by atoms with Crippen molar-refractivity contribution in [1.82, 2.24) is 4.98 Å². The van der Waals surface area contributed by atoms with Gasteiger partial charge in [0, 0.05) is 21.3 Å². The summed E-state index contributed by atoms with van der Waals surface area (Å²) in [6.45, 7) is 1.90. The molecule has 2 rings (SSSR count). The Morgan fingerprint density at radius 3 is 2.52 bits per heavy atom. The molecule has 136 valence electrons. The second-order valence-corrected chi connectivity index (χ2v) is 8.35. The van der Waals surface area contributed by atoms with E-state index in [1.807, 2.05) is 6.92 Å². The third-order valence-corrected chi connectivity index (χ3v) is 4.73. The SMILES string of the molecule is Cc1cc(Cl)c(CCCOS(C)(=O)=O)c(Nc2ccc(Cl)cc2Cl)n1. The van der Waals surface area contributed by atoms with Gasteiger partial charge in [-0.25, -0.2) is 4.98 Å². The molecule has 2 aromatic rings. The molecule has 5 nitrogen and oxygen atoms in total. The predicted molar refractivity (Wildman–Crippen MR) is 103 cm³/mol. The van der Waals surface area contributed by atoms with Crippen LogP contribution in [-0.2, 0) is 20.7 Å². The Balaban J connectivity index is 2.21. The van der Waals surface area contributed by atoms with Crippen molar-refractivity contribution in [2.75, 3.05) is 18.2 Å². The minimum absolute atomic E-state index is 0.0736. The lowest BCUT2D eigenvalue weighted by Gasteiger charge is -2.15. The number of hydrogen-bond acceptors (Lipinski definition) is 5. The lowest BCUT2D eigenvalue weighted by atomic mass is 10.1. The highest BCUT2D eigenvalue weighted by molar-refractivity contribution is 7.85. The summed E-state index contributed by atoms with van der Waals surface area (Å²) in [6, 6.07) is 6.84. The van der Waals surface area contributed by atoms with E-state index in [1.165, 1.54) is 0 Å². The van der Waals surface area contributed by atoms with Gasteiger partial charge in [-0.3, -0.25) is 4.18 Å². The molecule has 0 aliphatic rings. The topological polar surface area (TPSA) is 68.3 Å². The molecule has 9 heteroatoms. The number of nitrogens with zero attached hydrogens (tertiary/aromatic N) is 1. The van der Waals surface area contributed by atoms with E-state index in [9.17, 15) is 8.42 Å². The van der Waals surface area contributed by atoms with Gasteiger partial charge < -0.3 is 5.32 Å². The Hall–Kier alpha value is -1.05. The average molecular weight is 424 g/mol. The number of rotatable bonds is 7. The van der Waals surface area contributed by atoms with Crippen LogP contribution in [0.1, 0.15) is 17.7 Å². The van der Waals surface area contributed by atoms with Gasteiger partial charge in [0.15, 0.2) is 0 Å². The Labute approximate surface area is 162 Å². The molecule has 0 aliphatic heterocycles. The first-order valence-corrected chi connectivity index (χ1v) is 10.3. The van der Waals surface area contributed by atoms with E-state index < -0.39 is 10.1 Å². The van der Waals surface area contributed by atoms with Gasteiger partial charge in [-0.05, 0) is 44.0 Å². The molecule has 0 fully saturated rings. The van der Waals surface area contributed by atoms with Gasteiger partial charge in [-0.2, -0.15) is 8.42 Å². The minimum Gasteiger partial charge on any atom is -0.339 e. The molecule has 0 unspecified atom stereocenters. The lowest BCUT2D eigenvalue weighted by molar-refractivity contribution is 0.316. The Bertz CT molecular complexity index is 873.